The van der Waals surface area contributed by atoms with Gasteiger partial charge in [0, 0.05) is 32.2 Å². The van der Waals surface area contributed by atoms with E-state index in [-0.39, 0.29) is 17.9 Å². The molecular formula is C10H19N3O3S. The van der Waals surface area contributed by atoms with Crippen molar-refractivity contribution in [2.45, 2.75) is 18.9 Å². The molecule has 2 heterocycles. The largest absolute Gasteiger partial charge is 0.341 e. The summed E-state index contributed by atoms with van der Waals surface area (Å²) < 4.78 is 24.9. The van der Waals surface area contributed by atoms with Crippen LogP contribution in [0.5, 0.6) is 0 Å². The highest BCUT2D eigenvalue weighted by Crippen LogP contribution is 2.15. The molecular weight excluding hydrogens is 242 g/mol. The average molecular weight is 261 g/mol. The van der Waals surface area contributed by atoms with Crippen molar-refractivity contribution in [3.05, 3.63) is 0 Å². The van der Waals surface area contributed by atoms with E-state index in [4.69, 9.17) is 0 Å². The Bertz CT molecular complexity index is 392. The molecule has 0 aromatic heterocycles. The molecule has 1 atom stereocenters. The SMILES string of the molecule is CS(=O)(=O)NC1CCCN(C(=O)C2CNC2)C1. The van der Waals surface area contributed by atoms with E-state index in [9.17, 15) is 13.2 Å². The quantitative estimate of drug-likeness (QED) is 0.665. The Kier molecular flexibility index (Phi) is 3.70. The van der Waals surface area contributed by atoms with Crippen molar-refractivity contribution in [3.8, 4) is 0 Å². The first-order valence-corrected chi connectivity index (χ1v) is 7.81. The van der Waals surface area contributed by atoms with Crippen LogP contribution in [0.25, 0.3) is 0 Å². The van der Waals surface area contributed by atoms with Gasteiger partial charge in [-0.3, -0.25) is 4.79 Å². The molecule has 2 N–H and O–H groups in total. The number of nitrogens with one attached hydrogen (secondary N) is 2. The summed E-state index contributed by atoms with van der Waals surface area (Å²) in [4.78, 5) is 13.8. The maximum atomic E-state index is 12.0. The van der Waals surface area contributed by atoms with Crippen LogP contribution in [-0.4, -0.2) is 57.7 Å². The fraction of sp³-hybridized carbons (Fsp3) is 0.900. The van der Waals surface area contributed by atoms with Crippen molar-refractivity contribution in [1.29, 1.82) is 0 Å². The molecule has 0 aromatic rings. The number of carbonyl (C=O) groups is 1. The molecule has 0 spiro atoms. The number of carbonyl (C=O) groups excluding carboxylic acids is 1. The smallest absolute Gasteiger partial charge is 0.228 e. The summed E-state index contributed by atoms with van der Waals surface area (Å²) in [7, 11) is -3.19. The predicted octanol–water partition coefficient (Wildman–Crippen LogP) is -1.25. The van der Waals surface area contributed by atoms with Crippen molar-refractivity contribution in [3.63, 3.8) is 0 Å². The molecule has 2 rings (SSSR count). The maximum absolute atomic E-state index is 12.0. The molecule has 0 aromatic carbocycles. The molecule has 2 fully saturated rings. The van der Waals surface area contributed by atoms with Crippen LogP contribution in [0.4, 0.5) is 0 Å². The molecule has 0 bridgehead atoms. The molecule has 2 saturated heterocycles. The van der Waals surface area contributed by atoms with Crippen LogP contribution in [0, 0.1) is 5.92 Å². The van der Waals surface area contributed by atoms with Gasteiger partial charge in [0.2, 0.25) is 15.9 Å². The first-order valence-electron chi connectivity index (χ1n) is 5.92. The summed E-state index contributed by atoms with van der Waals surface area (Å²) in [5.74, 6) is 0.246. The van der Waals surface area contributed by atoms with E-state index in [0.717, 1.165) is 38.7 Å². The minimum Gasteiger partial charge on any atom is -0.341 e. The third-order valence-electron chi connectivity index (χ3n) is 3.24. The van der Waals surface area contributed by atoms with Crippen LogP contribution in [0.1, 0.15) is 12.8 Å². The summed E-state index contributed by atoms with van der Waals surface area (Å²) >= 11 is 0. The van der Waals surface area contributed by atoms with Gasteiger partial charge in [-0.2, -0.15) is 0 Å². The number of hydrogen-bond acceptors (Lipinski definition) is 4. The van der Waals surface area contributed by atoms with E-state index < -0.39 is 10.0 Å². The molecule has 98 valence electrons. The highest BCUT2D eigenvalue weighted by molar-refractivity contribution is 7.88. The first kappa shape index (κ1) is 12.8. The zero-order valence-electron chi connectivity index (χ0n) is 9.98. The van der Waals surface area contributed by atoms with Crippen LogP contribution in [0.3, 0.4) is 0 Å². The molecule has 6 nitrogen and oxygen atoms in total. The number of rotatable bonds is 3. The van der Waals surface area contributed by atoms with Gasteiger partial charge in [0.05, 0.1) is 12.2 Å². The molecule has 0 radical (unpaired) electrons. The second-order valence-corrected chi connectivity index (χ2v) is 6.65. The number of amides is 1. The van der Waals surface area contributed by atoms with Crippen molar-refractivity contribution in [1.82, 2.24) is 14.9 Å². The zero-order chi connectivity index (χ0) is 12.5. The Hall–Kier alpha value is -0.660. The normalized spacial score (nSPS) is 26.6. The van der Waals surface area contributed by atoms with E-state index >= 15 is 0 Å². The number of nitrogens with zero attached hydrogens (tertiary/aromatic N) is 1. The molecule has 1 amide bonds. The Labute approximate surface area is 102 Å². The van der Waals surface area contributed by atoms with Gasteiger partial charge >= 0.3 is 0 Å². The van der Waals surface area contributed by atoms with Gasteiger partial charge in [0.25, 0.3) is 0 Å². The van der Waals surface area contributed by atoms with E-state index in [0.29, 0.717) is 6.54 Å². The minimum absolute atomic E-state index is 0.0898. The van der Waals surface area contributed by atoms with E-state index in [1.807, 2.05) is 0 Å². The van der Waals surface area contributed by atoms with Crippen molar-refractivity contribution in [2.75, 3.05) is 32.4 Å². The summed E-state index contributed by atoms with van der Waals surface area (Å²) in [6.45, 7) is 2.75. The van der Waals surface area contributed by atoms with Crippen LogP contribution in [-0.2, 0) is 14.8 Å². The summed E-state index contributed by atoms with van der Waals surface area (Å²) in [5.41, 5.74) is 0. The lowest BCUT2D eigenvalue weighted by Gasteiger charge is -2.37. The average Bonchev–Trinajstić information content (AvgIpc) is 2.12. The Morgan fingerprint density at radius 3 is 2.65 bits per heavy atom. The van der Waals surface area contributed by atoms with Crippen molar-refractivity contribution >= 4 is 15.9 Å². The van der Waals surface area contributed by atoms with Gasteiger partial charge in [-0.05, 0) is 12.8 Å². The van der Waals surface area contributed by atoms with Crippen LogP contribution >= 0.6 is 0 Å². The maximum Gasteiger partial charge on any atom is 0.228 e. The van der Waals surface area contributed by atoms with Gasteiger partial charge in [-0.1, -0.05) is 0 Å². The fourth-order valence-electron chi connectivity index (χ4n) is 2.30. The van der Waals surface area contributed by atoms with Crippen molar-refractivity contribution in [2.24, 2.45) is 5.92 Å². The van der Waals surface area contributed by atoms with Crippen LogP contribution < -0.4 is 10.0 Å². The molecule has 2 aliphatic rings. The summed E-state index contributed by atoms with van der Waals surface area (Å²) in [6, 6.07) is -0.129. The molecule has 0 aliphatic carbocycles. The lowest BCUT2D eigenvalue weighted by atomic mass is 9.99. The second kappa shape index (κ2) is 4.91. The van der Waals surface area contributed by atoms with E-state index in [1.165, 1.54) is 0 Å². The minimum atomic E-state index is -3.19. The Morgan fingerprint density at radius 1 is 1.41 bits per heavy atom. The van der Waals surface area contributed by atoms with Gasteiger partial charge < -0.3 is 10.2 Å². The topological polar surface area (TPSA) is 78.5 Å². The summed E-state index contributed by atoms with van der Waals surface area (Å²) in [5, 5.41) is 3.07. The highest BCUT2D eigenvalue weighted by atomic mass is 32.2. The second-order valence-electron chi connectivity index (χ2n) is 4.87. The molecule has 1 unspecified atom stereocenters. The Balaban J connectivity index is 1.90. The molecule has 0 saturated carbocycles. The monoisotopic (exact) mass is 261 g/mol. The van der Waals surface area contributed by atoms with Gasteiger partial charge in [-0.15, -0.1) is 0 Å². The van der Waals surface area contributed by atoms with Crippen LogP contribution in [0.2, 0.25) is 0 Å². The van der Waals surface area contributed by atoms with Gasteiger partial charge in [0.1, 0.15) is 0 Å². The third-order valence-corrected chi connectivity index (χ3v) is 4.01. The lowest BCUT2D eigenvalue weighted by Crippen LogP contribution is -2.56. The number of sulfonamides is 1. The Morgan fingerprint density at radius 2 is 2.12 bits per heavy atom. The van der Waals surface area contributed by atoms with E-state index in [1.54, 1.807) is 4.90 Å². The number of likely N-dealkylation sites (tertiary alicyclic amines) is 1. The third kappa shape index (κ3) is 3.40. The summed E-state index contributed by atoms with van der Waals surface area (Å²) in [6.07, 6.45) is 2.82. The first-order chi connectivity index (χ1) is 7.96. The standard InChI is InChI=1S/C10H19N3O3S/c1-17(15,16)12-9-3-2-4-13(7-9)10(14)8-5-11-6-8/h8-9,11-12H,2-7H2,1H3. The number of hydrogen-bond donors (Lipinski definition) is 2. The van der Waals surface area contributed by atoms with Crippen molar-refractivity contribution < 1.29 is 13.2 Å². The molecule has 17 heavy (non-hydrogen) atoms. The van der Waals surface area contributed by atoms with Gasteiger partial charge in [0.15, 0.2) is 0 Å². The zero-order valence-corrected chi connectivity index (χ0v) is 10.8. The van der Waals surface area contributed by atoms with Crippen LogP contribution in [0.15, 0.2) is 0 Å². The molecule has 7 heteroatoms. The fourth-order valence-corrected chi connectivity index (χ4v) is 3.10. The predicted molar refractivity (Wildman–Crippen MR) is 63.9 cm³/mol. The highest BCUT2D eigenvalue weighted by Gasteiger charge is 2.32. The van der Waals surface area contributed by atoms with E-state index in [2.05, 4.69) is 10.0 Å². The lowest BCUT2D eigenvalue weighted by molar-refractivity contribution is -0.138. The number of piperidine rings is 1. The van der Waals surface area contributed by atoms with Gasteiger partial charge in [-0.25, -0.2) is 13.1 Å². The molecule has 2 aliphatic heterocycles.